The highest BCUT2D eigenvalue weighted by Crippen LogP contribution is 2.28. The molecule has 0 radical (unpaired) electrons. The molecule has 0 fully saturated rings. The number of nitrogens with zero attached hydrogens (tertiary/aromatic N) is 2. The lowest BCUT2D eigenvalue weighted by Crippen LogP contribution is -2.36. The zero-order chi connectivity index (χ0) is 15.6. The molecule has 0 bridgehead atoms. The summed E-state index contributed by atoms with van der Waals surface area (Å²) in [7, 11) is -1.02. The minimum atomic E-state index is -3.81. The second-order valence-corrected chi connectivity index (χ2v) is 6.80. The van der Waals surface area contributed by atoms with Gasteiger partial charge >= 0.3 is 0 Å². The fourth-order valence-corrected chi connectivity index (χ4v) is 3.39. The van der Waals surface area contributed by atoms with Gasteiger partial charge in [0.2, 0.25) is 15.9 Å². The number of fused-ring (bicyclic) bond motifs is 1. The first-order chi connectivity index (χ1) is 9.87. The van der Waals surface area contributed by atoms with E-state index in [4.69, 9.17) is 11.6 Å². The van der Waals surface area contributed by atoms with Crippen molar-refractivity contribution in [1.82, 2.24) is 14.6 Å². The number of sulfonamides is 1. The summed E-state index contributed by atoms with van der Waals surface area (Å²) in [6.07, 6.45) is 1.54. The second-order valence-electron chi connectivity index (χ2n) is 4.38. The van der Waals surface area contributed by atoms with Gasteiger partial charge in [0.25, 0.3) is 0 Å². The summed E-state index contributed by atoms with van der Waals surface area (Å²) in [5.41, 5.74) is 0.411. The Balaban J connectivity index is 2.55. The Hall–Kier alpha value is -1.70. The van der Waals surface area contributed by atoms with Crippen LogP contribution in [-0.2, 0) is 14.8 Å². The van der Waals surface area contributed by atoms with Gasteiger partial charge in [0.05, 0.1) is 22.0 Å². The van der Waals surface area contributed by atoms with Gasteiger partial charge in [-0.25, -0.2) is 8.42 Å². The lowest BCUT2D eigenvalue weighted by molar-refractivity contribution is -0.120. The van der Waals surface area contributed by atoms with Gasteiger partial charge in [0, 0.05) is 25.7 Å². The van der Waals surface area contributed by atoms with Gasteiger partial charge < -0.3 is 5.32 Å². The van der Waals surface area contributed by atoms with Gasteiger partial charge in [-0.15, -0.1) is 0 Å². The number of rotatable bonds is 4. The van der Waals surface area contributed by atoms with Crippen LogP contribution in [0.25, 0.3) is 10.9 Å². The van der Waals surface area contributed by atoms with E-state index in [9.17, 15) is 13.2 Å². The number of carbonyl (C=O) groups is 1. The van der Waals surface area contributed by atoms with Crippen molar-refractivity contribution in [2.24, 2.45) is 0 Å². The molecule has 0 saturated heterocycles. The maximum absolute atomic E-state index is 12.6. The van der Waals surface area contributed by atoms with E-state index >= 15 is 0 Å². The van der Waals surface area contributed by atoms with Gasteiger partial charge in [-0.2, -0.15) is 4.31 Å². The molecule has 0 unspecified atom stereocenters. The van der Waals surface area contributed by atoms with Crippen molar-refractivity contribution in [1.29, 1.82) is 0 Å². The normalized spacial score (nSPS) is 11.8. The molecule has 8 heteroatoms. The second kappa shape index (κ2) is 5.97. The smallest absolute Gasteiger partial charge is 0.243 e. The summed E-state index contributed by atoms with van der Waals surface area (Å²) in [5.74, 6) is -0.391. The van der Waals surface area contributed by atoms with Crippen molar-refractivity contribution in [2.45, 2.75) is 4.90 Å². The number of hydrogen-bond donors (Lipinski definition) is 1. The van der Waals surface area contributed by atoms with Crippen LogP contribution in [0, 0.1) is 0 Å². The lowest BCUT2D eigenvalue weighted by atomic mass is 10.2. The number of pyridine rings is 1. The van der Waals surface area contributed by atoms with Crippen LogP contribution in [0.2, 0.25) is 5.02 Å². The van der Waals surface area contributed by atoms with Gasteiger partial charge in [-0.05, 0) is 24.3 Å². The third-order valence-corrected chi connectivity index (χ3v) is 5.18. The largest absolute Gasteiger partial charge is 0.358 e. The van der Waals surface area contributed by atoms with Crippen LogP contribution >= 0.6 is 11.6 Å². The molecule has 0 saturated carbocycles. The number of nitrogens with one attached hydrogen (secondary N) is 1. The van der Waals surface area contributed by atoms with Gasteiger partial charge in [-0.1, -0.05) is 11.6 Å². The molecule has 21 heavy (non-hydrogen) atoms. The number of benzene rings is 1. The summed E-state index contributed by atoms with van der Waals surface area (Å²) < 4.78 is 26.2. The van der Waals surface area contributed by atoms with Gasteiger partial charge in [0.1, 0.15) is 0 Å². The first-order valence-corrected chi connectivity index (χ1v) is 7.90. The van der Waals surface area contributed by atoms with E-state index in [1.54, 1.807) is 18.3 Å². The third-order valence-electron chi connectivity index (χ3n) is 3.01. The summed E-state index contributed by atoms with van der Waals surface area (Å²) in [5, 5.41) is 3.19. The molecule has 1 aromatic heterocycles. The number of amides is 1. The van der Waals surface area contributed by atoms with Crippen LogP contribution in [0.15, 0.2) is 35.4 Å². The molecule has 2 aromatic rings. The SMILES string of the molecule is CNC(=O)CN(C)S(=O)(=O)c1ccc(Cl)c2ncccc12. The van der Waals surface area contributed by atoms with Crippen LogP contribution in [0.5, 0.6) is 0 Å². The number of aromatic nitrogens is 1. The van der Waals surface area contributed by atoms with Crippen LogP contribution in [0.1, 0.15) is 0 Å². The highest BCUT2D eigenvalue weighted by Gasteiger charge is 2.25. The topological polar surface area (TPSA) is 79.4 Å². The Kier molecular flexibility index (Phi) is 4.46. The number of likely N-dealkylation sites (N-methyl/N-ethyl adjacent to an activating group) is 2. The summed E-state index contributed by atoms with van der Waals surface area (Å²) in [4.78, 5) is 15.5. The molecular formula is C13H14ClN3O3S. The zero-order valence-corrected chi connectivity index (χ0v) is 13.1. The van der Waals surface area contributed by atoms with Crippen molar-refractivity contribution in [3.8, 4) is 0 Å². The standard InChI is InChI=1S/C13H14ClN3O3S/c1-15-12(18)8-17(2)21(19,20)11-6-5-10(14)13-9(11)4-3-7-16-13/h3-7H,8H2,1-2H3,(H,15,18). The predicted molar refractivity (Wildman–Crippen MR) is 80.6 cm³/mol. The average molecular weight is 328 g/mol. The zero-order valence-electron chi connectivity index (χ0n) is 11.5. The Bertz CT molecular complexity index is 792. The van der Waals surface area contributed by atoms with Crippen molar-refractivity contribution in [3.63, 3.8) is 0 Å². The molecule has 1 amide bonds. The molecular weight excluding hydrogens is 314 g/mol. The van der Waals surface area contributed by atoms with E-state index < -0.39 is 15.9 Å². The monoisotopic (exact) mass is 327 g/mol. The van der Waals surface area contributed by atoms with Crippen LogP contribution < -0.4 is 5.32 Å². The van der Waals surface area contributed by atoms with Crippen LogP contribution in [0.3, 0.4) is 0 Å². The molecule has 1 heterocycles. The van der Waals surface area contributed by atoms with E-state index in [0.29, 0.717) is 15.9 Å². The van der Waals surface area contributed by atoms with Crippen LogP contribution in [0.4, 0.5) is 0 Å². The average Bonchev–Trinajstić information content (AvgIpc) is 2.47. The van der Waals surface area contributed by atoms with Crippen molar-refractivity contribution < 1.29 is 13.2 Å². The Morgan fingerprint density at radius 1 is 1.38 bits per heavy atom. The molecule has 1 aromatic carbocycles. The van der Waals surface area contributed by atoms with Gasteiger partial charge in [0.15, 0.2) is 0 Å². The Morgan fingerprint density at radius 3 is 2.76 bits per heavy atom. The number of halogens is 1. The fourth-order valence-electron chi connectivity index (χ4n) is 1.87. The minimum Gasteiger partial charge on any atom is -0.358 e. The molecule has 0 atom stereocenters. The molecule has 112 valence electrons. The maximum atomic E-state index is 12.6. The Labute approximate surface area is 127 Å². The molecule has 0 aliphatic carbocycles. The fraction of sp³-hybridized carbons (Fsp3) is 0.231. The quantitative estimate of drug-likeness (QED) is 0.916. The van der Waals surface area contributed by atoms with Crippen molar-refractivity contribution in [3.05, 3.63) is 35.5 Å². The minimum absolute atomic E-state index is 0.0707. The predicted octanol–water partition coefficient (Wildman–Crippen LogP) is 1.25. The van der Waals surface area contributed by atoms with E-state index in [1.165, 1.54) is 26.2 Å². The molecule has 0 aliphatic rings. The first-order valence-electron chi connectivity index (χ1n) is 6.08. The highest BCUT2D eigenvalue weighted by atomic mass is 35.5. The number of hydrogen-bond acceptors (Lipinski definition) is 4. The first kappa shape index (κ1) is 15.7. The molecule has 2 rings (SSSR count). The van der Waals surface area contributed by atoms with Crippen LogP contribution in [-0.4, -0.2) is 44.3 Å². The highest BCUT2D eigenvalue weighted by molar-refractivity contribution is 7.89. The summed E-state index contributed by atoms with van der Waals surface area (Å²) >= 11 is 6.03. The molecule has 0 spiro atoms. The van der Waals surface area contributed by atoms with E-state index in [1.807, 2.05) is 0 Å². The molecule has 6 nitrogen and oxygen atoms in total. The Morgan fingerprint density at radius 2 is 2.10 bits per heavy atom. The summed E-state index contributed by atoms with van der Waals surface area (Å²) in [6, 6.07) is 6.17. The van der Waals surface area contributed by atoms with E-state index in [0.717, 1.165) is 4.31 Å². The number of carbonyl (C=O) groups excluding carboxylic acids is 1. The lowest BCUT2D eigenvalue weighted by Gasteiger charge is -2.17. The van der Waals surface area contributed by atoms with Crippen molar-refractivity contribution in [2.75, 3.05) is 20.6 Å². The van der Waals surface area contributed by atoms with Gasteiger partial charge in [-0.3, -0.25) is 9.78 Å². The maximum Gasteiger partial charge on any atom is 0.243 e. The summed E-state index contributed by atoms with van der Waals surface area (Å²) in [6.45, 7) is -0.261. The molecule has 0 aliphatic heterocycles. The molecule has 1 N–H and O–H groups in total. The van der Waals surface area contributed by atoms with E-state index in [2.05, 4.69) is 10.3 Å². The van der Waals surface area contributed by atoms with Crippen molar-refractivity contribution >= 4 is 38.4 Å². The van der Waals surface area contributed by atoms with E-state index in [-0.39, 0.29) is 11.4 Å². The third kappa shape index (κ3) is 2.99.